The standard InChI is InChI=1S/C32H34FN9O/c1-41(2)6-5-36-23-10-20(9-22(33)12-23)27-17-35-18-30-25(27)13-29(38-30)32-26-14-28(37-19-31(26)39-40-32)21-11-24(16-34-15-21)43-8-7-42(3)4/h9-19,36,38H,5-8H2,1-4H3,(H,39,40). The van der Waals surface area contributed by atoms with E-state index >= 15 is 0 Å². The van der Waals surface area contributed by atoms with Crippen LogP contribution >= 0.6 is 0 Å². The molecule has 0 aliphatic rings. The predicted molar refractivity (Wildman–Crippen MR) is 169 cm³/mol. The molecule has 0 bridgehead atoms. The zero-order valence-electron chi connectivity index (χ0n) is 24.6. The molecule has 0 saturated carbocycles. The van der Waals surface area contributed by atoms with E-state index in [9.17, 15) is 4.39 Å². The molecule has 0 fully saturated rings. The van der Waals surface area contributed by atoms with Crippen molar-refractivity contribution >= 4 is 27.5 Å². The third kappa shape index (κ3) is 6.32. The number of nitrogens with one attached hydrogen (secondary N) is 3. The van der Waals surface area contributed by atoms with Gasteiger partial charge in [0.15, 0.2) is 0 Å². The van der Waals surface area contributed by atoms with Gasteiger partial charge in [0.1, 0.15) is 23.9 Å². The smallest absolute Gasteiger partial charge is 0.138 e. The number of pyridine rings is 3. The molecule has 6 rings (SSSR count). The van der Waals surface area contributed by atoms with E-state index in [4.69, 9.17) is 4.74 Å². The molecule has 43 heavy (non-hydrogen) atoms. The largest absolute Gasteiger partial charge is 0.491 e. The van der Waals surface area contributed by atoms with Crippen molar-refractivity contribution in [1.82, 2.24) is 39.9 Å². The third-order valence-electron chi connectivity index (χ3n) is 7.16. The molecule has 220 valence electrons. The highest BCUT2D eigenvalue weighted by atomic mass is 19.1. The number of aromatic nitrogens is 6. The number of H-pyrrole nitrogens is 2. The number of hydrogen-bond donors (Lipinski definition) is 3. The van der Waals surface area contributed by atoms with Crippen molar-refractivity contribution in [2.45, 2.75) is 0 Å². The molecule has 0 aliphatic carbocycles. The Balaban J connectivity index is 1.33. The van der Waals surface area contributed by atoms with E-state index in [2.05, 4.69) is 45.2 Å². The van der Waals surface area contributed by atoms with Crippen LogP contribution in [0.5, 0.6) is 5.75 Å². The number of halogens is 1. The van der Waals surface area contributed by atoms with Crippen LogP contribution in [0.25, 0.3) is 55.6 Å². The van der Waals surface area contributed by atoms with Crippen molar-refractivity contribution in [3.05, 3.63) is 73.2 Å². The fourth-order valence-corrected chi connectivity index (χ4v) is 4.94. The van der Waals surface area contributed by atoms with Crippen LogP contribution in [-0.2, 0) is 0 Å². The van der Waals surface area contributed by atoms with E-state index < -0.39 is 0 Å². The number of hydrogen-bond acceptors (Lipinski definition) is 8. The quantitative estimate of drug-likeness (QED) is 0.190. The Labute approximate surface area is 248 Å². The van der Waals surface area contributed by atoms with Crippen molar-refractivity contribution in [3.63, 3.8) is 0 Å². The van der Waals surface area contributed by atoms with E-state index in [1.54, 1.807) is 31.0 Å². The van der Waals surface area contributed by atoms with Crippen LogP contribution in [0.3, 0.4) is 0 Å². The first-order chi connectivity index (χ1) is 20.8. The lowest BCUT2D eigenvalue weighted by Crippen LogP contribution is -2.20. The maximum Gasteiger partial charge on any atom is 0.138 e. The fraction of sp³-hybridized carbons (Fsp3) is 0.250. The average Bonchev–Trinajstić information content (AvgIpc) is 3.60. The van der Waals surface area contributed by atoms with Crippen LogP contribution in [0.15, 0.2) is 67.4 Å². The summed E-state index contributed by atoms with van der Waals surface area (Å²) in [5, 5.41) is 12.9. The molecular weight excluding hydrogens is 545 g/mol. The van der Waals surface area contributed by atoms with Gasteiger partial charge in [-0.3, -0.25) is 20.1 Å². The lowest BCUT2D eigenvalue weighted by atomic mass is 10.0. The first-order valence-electron chi connectivity index (χ1n) is 14.1. The second-order valence-corrected chi connectivity index (χ2v) is 11.0. The summed E-state index contributed by atoms with van der Waals surface area (Å²) in [5.74, 6) is 0.385. The molecular formula is C32H34FN9O. The van der Waals surface area contributed by atoms with Crippen molar-refractivity contribution in [3.8, 4) is 39.5 Å². The molecule has 1 aromatic carbocycles. The minimum atomic E-state index is -0.308. The van der Waals surface area contributed by atoms with E-state index in [1.807, 2.05) is 52.5 Å². The zero-order valence-corrected chi connectivity index (χ0v) is 24.6. The van der Waals surface area contributed by atoms with Gasteiger partial charge in [0, 0.05) is 59.6 Å². The van der Waals surface area contributed by atoms with Gasteiger partial charge in [0.05, 0.1) is 41.0 Å². The summed E-state index contributed by atoms with van der Waals surface area (Å²) < 4.78 is 20.6. The minimum Gasteiger partial charge on any atom is -0.491 e. The highest BCUT2D eigenvalue weighted by Crippen LogP contribution is 2.35. The molecule has 0 amide bonds. The van der Waals surface area contributed by atoms with Crippen molar-refractivity contribution < 1.29 is 9.13 Å². The first-order valence-corrected chi connectivity index (χ1v) is 14.1. The Bertz CT molecular complexity index is 1880. The second kappa shape index (κ2) is 12.2. The molecule has 5 aromatic heterocycles. The number of ether oxygens (including phenoxy) is 1. The SMILES string of the molecule is CN(C)CCNc1cc(F)cc(-c2cncc3[nH]c(-c4n[nH]c5cnc(-c6cncc(OCCN(C)C)c6)cc45)cc23)c1. The highest BCUT2D eigenvalue weighted by Gasteiger charge is 2.16. The number of aromatic amines is 2. The van der Waals surface area contributed by atoms with Crippen LogP contribution in [0, 0.1) is 5.82 Å². The Hall–Kier alpha value is -4.87. The van der Waals surface area contributed by atoms with Gasteiger partial charge in [-0.2, -0.15) is 5.10 Å². The number of rotatable bonds is 11. The lowest BCUT2D eigenvalue weighted by molar-refractivity contribution is 0.261. The topological polar surface area (TPSA) is 111 Å². The molecule has 0 spiro atoms. The minimum absolute atomic E-state index is 0.308. The predicted octanol–water partition coefficient (Wildman–Crippen LogP) is 5.28. The molecule has 0 atom stereocenters. The zero-order chi connectivity index (χ0) is 29.9. The number of anilines is 1. The van der Waals surface area contributed by atoms with Gasteiger partial charge < -0.3 is 24.8 Å². The maximum absolute atomic E-state index is 14.7. The summed E-state index contributed by atoms with van der Waals surface area (Å²) in [4.78, 5) is 21.0. The Morgan fingerprint density at radius 2 is 1.65 bits per heavy atom. The number of likely N-dealkylation sites (N-methyl/N-ethyl adjacent to an activating group) is 2. The highest BCUT2D eigenvalue weighted by molar-refractivity contribution is 6.01. The molecule has 0 aliphatic heterocycles. The Morgan fingerprint density at radius 3 is 2.49 bits per heavy atom. The van der Waals surface area contributed by atoms with Gasteiger partial charge in [0.25, 0.3) is 0 Å². The van der Waals surface area contributed by atoms with Gasteiger partial charge in [-0.15, -0.1) is 0 Å². The second-order valence-electron chi connectivity index (χ2n) is 11.0. The van der Waals surface area contributed by atoms with Crippen LogP contribution in [0.1, 0.15) is 0 Å². The van der Waals surface area contributed by atoms with E-state index in [0.717, 1.165) is 74.4 Å². The van der Waals surface area contributed by atoms with Crippen LogP contribution in [0.2, 0.25) is 0 Å². The molecule has 0 saturated heterocycles. The molecule has 0 unspecified atom stereocenters. The number of nitrogens with zero attached hydrogens (tertiary/aromatic N) is 6. The Kier molecular flexibility index (Phi) is 7.99. The van der Waals surface area contributed by atoms with Crippen LogP contribution in [-0.4, -0.2) is 94.4 Å². The summed E-state index contributed by atoms with van der Waals surface area (Å²) in [6.07, 6.45) is 8.79. The first kappa shape index (κ1) is 28.3. The molecule has 5 heterocycles. The van der Waals surface area contributed by atoms with Crippen LogP contribution < -0.4 is 10.1 Å². The number of benzene rings is 1. The summed E-state index contributed by atoms with van der Waals surface area (Å²) in [7, 11) is 8.03. The molecule has 3 N–H and O–H groups in total. The molecule has 11 heteroatoms. The lowest BCUT2D eigenvalue weighted by Gasteiger charge is -2.13. The van der Waals surface area contributed by atoms with Crippen molar-refractivity contribution in [2.24, 2.45) is 0 Å². The van der Waals surface area contributed by atoms with Crippen molar-refractivity contribution in [1.29, 1.82) is 0 Å². The summed E-state index contributed by atoms with van der Waals surface area (Å²) >= 11 is 0. The maximum atomic E-state index is 14.7. The van der Waals surface area contributed by atoms with Gasteiger partial charge in [-0.05, 0) is 70.2 Å². The monoisotopic (exact) mass is 579 g/mol. The van der Waals surface area contributed by atoms with E-state index in [-0.39, 0.29) is 5.82 Å². The van der Waals surface area contributed by atoms with Crippen molar-refractivity contribution in [2.75, 3.05) is 59.7 Å². The van der Waals surface area contributed by atoms with Crippen LogP contribution in [0.4, 0.5) is 10.1 Å². The van der Waals surface area contributed by atoms with Gasteiger partial charge in [-0.25, -0.2) is 4.39 Å². The summed E-state index contributed by atoms with van der Waals surface area (Å²) in [6, 6.07) is 11.0. The Morgan fingerprint density at radius 1 is 0.814 bits per heavy atom. The van der Waals surface area contributed by atoms with Gasteiger partial charge in [0.2, 0.25) is 0 Å². The number of fused-ring (bicyclic) bond motifs is 2. The molecule has 0 radical (unpaired) electrons. The molecule has 10 nitrogen and oxygen atoms in total. The fourth-order valence-electron chi connectivity index (χ4n) is 4.94. The average molecular weight is 580 g/mol. The normalized spacial score (nSPS) is 11.7. The summed E-state index contributed by atoms with van der Waals surface area (Å²) in [6.45, 7) is 2.92. The van der Waals surface area contributed by atoms with Gasteiger partial charge in [-0.1, -0.05) is 0 Å². The van der Waals surface area contributed by atoms with E-state index in [0.29, 0.717) is 18.9 Å². The summed E-state index contributed by atoms with van der Waals surface area (Å²) in [5.41, 5.74) is 7.10. The third-order valence-corrected chi connectivity index (χ3v) is 7.16. The van der Waals surface area contributed by atoms with Gasteiger partial charge >= 0.3 is 0 Å². The molecule has 6 aromatic rings. The van der Waals surface area contributed by atoms with E-state index in [1.165, 1.54) is 12.1 Å².